The summed E-state index contributed by atoms with van der Waals surface area (Å²) in [6, 6.07) is 15.0. The van der Waals surface area contributed by atoms with Gasteiger partial charge in [-0.3, -0.25) is 9.10 Å². The molecule has 186 valence electrons. The molecule has 1 heterocycles. The van der Waals surface area contributed by atoms with Gasteiger partial charge in [-0.1, -0.05) is 26.0 Å². The Morgan fingerprint density at radius 1 is 1.18 bits per heavy atom. The van der Waals surface area contributed by atoms with Crippen molar-refractivity contribution >= 4 is 27.3 Å². The minimum absolute atomic E-state index is 0.148. The molecule has 0 unspecified atom stereocenters. The molecular formula is C26H37N3O4S. The topological polar surface area (TPSA) is 78.9 Å². The Labute approximate surface area is 204 Å². The van der Waals surface area contributed by atoms with Crippen molar-refractivity contribution in [3.63, 3.8) is 0 Å². The highest BCUT2D eigenvalue weighted by atomic mass is 32.2. The molecule has 34 heavy (non-hydrogen) atoms. The first-order valence-corrected chi connectivity index (χ1v) is 13.8. The van der Waals surface area contributed by atoms with Gasteiger partial charge in [0.25, 0.3) is 5.91 Å². The van der Waals surface area contributed by atoms with E-state index in [0.717, 1.165) is 30.8 Å². The summed E-state index contributed by atoms with van der Waals surface area (Å²) in [5.74, 6) is 1.05. The fraction of sp³-hybridized carbons (Fsp3) is 0.500. The zero-order valence-corrected chi connectivity index (χ0v) is 21.6. The van der Waals surface area contributed by atoms with E-state index in [0.29, 0.717) is 17.9 Å². The van der Waals surface area contributed by atoms with Crippen LogP contribution in [0.4, 0.5) is 11.4 Å². The number of sulfonamides is 1. The van der Waals surface area contributed by atoms with Crippen molar-refractivity contribution in [1.82, 2.24) is 5.32 Å². The summed E-state index contributed by atoms with van der Waals surface area (Å²) in [6.07, 6.45) is 3.54. The lowest BCUT2D eigenvalue weighted by Crippen LogP contribution is -2.39. The van der Waals surface area contributed by atoms with Crippen molar-refractivity contribution in [3.8, 4) is 5.75 Å². The molecule has 1 fully saturated rings. The summed E-state index contributed by atoms with van der Waals surface area (Å²) in [4.78, 5) is 15.3. The van der Waals surface area contributed by atoms with Crippen molar-refractivity contribution < 1.29 is 17.9 Å². The Morgan fingerprint density at radius 2 is 1.82 bits per heavy atom. The number of hydrogen-bond donors (Lipinski definition) is 1. The standard InChI is InChI=1S/C26H37N3O4S/c1-6-25(33-24-15-13-22(14-16-24)28(4)34(5,31)32)26(30)27-20(3)21-9-11-23(12-10-21)29-17-7-8-19(2)18-29/h9-16,19-20,25H,6-8,17-18H2,1-5H3,(H,27,30)/t19-,20-,25-/m0/s1. The molecule has 1 amide bonds. The molecule has 1 N–H and O–H groups in total. The second-order valence-electron chi connectivity index (χ2n) is 9.25. The van der Waals surface area contributed by atoms with E-state index in [-0.39, 0.29) is 11.9 Å². The summed E-state index contributed by atoms with van der Waals surface area (Å²) in [5, 5.41) is 3.06. The zero-order chi connectivity index (χ0) is 24.9. The summed E-state index contributed by atoms with van der Waals surface area (Å²) in [5.41, 5.74) is 2.81. The van der Waals surface area contributed by atoms with Gasteiger partial charge in [0, 0.05) is 25.8 Å². The van der Waals surface area contributed by atoms with E-state index >= 15 is 0 Å². The number of ether oxygens (including phenoxy) is 1. The molecule has 1 saturated heterocycles. The lowest BCUT2D eigenvalue weighted by Gasteiger charge is -2.33. The summed E-state index contributed by atoms with van der Waals surface area (Å²) >= 11 is 0. The first-order chi connectivity index (χ1) is 16.1. The minimum atomic E-state index is -3.34. The van der Waals surface area contributed by atoms with Crippen molar-refractivity contribution in [2.75, 3.05) is 35.6 Å². The predicted molar refractivity (Wildman–Crippen MR) is 138 cm³/mol. The van der Waals surface area contributed by atoms with Crippen LogP contribution >= 0.6 is 0 Å². The Hall–Kier alpha value is -2.74. The molecule has 3 atom stereocenters. The van der Waals surface area contributed by atoms with Crippen LogP contribution in [-0.4, -0.2) is 46.8 Å². The quantitative estimate of drug-likeness (QED) is 0.569. The number of rotatable bonds is 9. The fourth-order valence-corrected chi connectivity index (χ4v) is 4.70. The Bertz CT molecular complexity index is 1050. The number of anilines is 2. The van der Waals surface area contributed by atoms with Crippen LogP contribution in [-0.2, 0) is 14.8 Å². The third kappa shape index (κ3) is 6.65. The maximum Gasteiger partial charge on any atom is 0.261 e. The lowest BCUT2D eigenvalue weighted by molar-refractivity contribution is -0.128. The average Bonchev–Trinajstić information content (AvgIpc) is 2.82. The first kappa shape index (κ1) is 25.9. The maximum atomic E-state index is 12.9. The van der Waals surface area contributed by atoms with Crippen LogP contribution in [0.5, 0.6) is 5.75 Å². The number of nitrogens with one attached hydrogen (secondary N) is 1. The number of nitrogens with zero attached hydrogens (tertiary/aromatic N) is 2. The molecule has 0 radical (unpaired) electrons. The van der Waals surface area contributed by atoms with Gasteiger partial charge < -0.3 is 15.0 Å². The highest BCUT2D eigenvalue weighted by Crippen LogP contribution is 2.25. The number of benzene rings is 2. The number of piperidine rings is 1. The number of amides is 1. The van der Waals surface area contributed by atoms with Gasteiger partial charge in [-0.05, 0) is 74.1 Å². The third-order valence-electron chi connectivity index (χ3n) is 6.41. The van der Waals surface area contributed by atoms with Crippen molar-refractivity contribution in [2.45, 2.75) is 52.2 Å². The average molecular weight is 488 g/mol. The zero-order valence-electron chi connectivity index (χ0n) is 20.8. The molecule has 0 aliphatic carbocycles. The lowest BCUT2D eigenvalue weighted by atomic mass is 9.99. The van der Waals surface area contributed by atoms with Crippen LogP contribution in [0.2, 0.25) is 0 Å². The smallest absolute Gasteiger partial charge is 0.261 e. The molecule has 2 aromatic rings. The SMILES string of the molecule is CC[C@H](Oc1ccc(N(C)S(C)(=O)=O)cc1)C(=O)N[C@@H](C)c1ccc(N2CCC[C@H](C)C2)cc1. The van der Waals surface area contributed by atoms with Gasteiger partial charge in [-0.15, -0.1) is 0 Å². The second kappa shape index (κ2) is 11.1. The van der Waals surface area contributed by atoms with Gasteiger partial charge in [0.1, 0.15) is 5.75 Å². The Morgan fingerprint density at radius 3 is 2.38 bits per heavy atom. The molecule has 0 bridgehead atoms. The fourth-order valence-electron chi connectivity index (χ4n) is 4.20. The molecule has 0 saturated carbocycles. The Balaban J connectivity index is 1.59. The molecule has 0 aromatic heterocycles. The molecule has 8 heteroatoms. The van der Waals surface area contributed by atoms with Gasteiger partial charge in [-0.25, -0.2) is 8.42 Å². The van der Waals surface area contributed by atoms with E-state index < -0.39 is 16.1 Å². The minimum Gasteiger partial charge on any atom is -0.481 e. The molecule has 1 aliphatic rings. The number of hydrogen-bond acceptors (Lipinski definition) is 5. The van der Waals surface area contributed by atoms with Gasteiger partial charge in [0.2, 0.25) is 10.0 Å². The van der Waals surface area contributed by atoms with E-state index in [1.54, 1.807) is 24.3 Å². The number of carbonyl (C=O) groups excluding carboxylic acids is 1. The van der Waals surface area contributed by atoms with Crippen LogP contribution in [0, 0.1) is 5.92 Å². The molecule has 1 aliphatic heterocycles. The normalized spacial score (nSPS) is 18.1. The van der Waals surface area contributed by atoms with Crippen LogP contribution in [0.25, 0.3) is 0 Å². The highest BCUT2D eigenvalue weighted by Gasteiger charge is 2.22. The van der Waals surface area contributed by atoms with Gasteiger partial charge in [-0.2, -0.15) is 0 Å². The van der Waals surface area contributed by atoms with Gasteiger partial charge in [0.15, 0.2) is 6.10 Å². The summed E-state index contributed by atoms with van der Waals surface area (Å²) in [7, 11) is -1.84. The van der Waals surface area contributed by atoms with E-state index in [2.05, 4.69) is 41.4 Å². The third-order valence-corrected chi connectivity index (χ3v) is 7.62. The van der Waals surface area contributed by atoms with E-state index in [9.17, 15) is 13.2 Å². The molecule has 0 spiro atoms. The summed E-state index contributed by atoms with van der Waals surface area (Å²) in [6.45, 7) is 8.35. The van der Waals surface area contributed by atoms with Gasteiger partial charge in [0.05, 0.1) is 18.0 Å². The molecule has 3 rings (SSSR count). The highest BCUT2D eigenvalue weighted by molar-refractivity contribution is 7.92. The molecule has 2 aromatic carbocycles. The Kier molecular flexibility index (Phi) is 8.47. The van der Waals surface area contributed by atoms with Crippen LogP contribution < -0.4 is 19.3 Å². The summed E-state index contributed by atoms with van der Waals surface area (Å²) < 4.78 is 30.5. The second-order valence-corrected chi connectivity index (χ2v) is 11.3. The van der Waals surface area contributed by atoms with Crippen molar-refractivity contribution in [3.05, 3.63) is 54.1 Å². The van der Waals surface area contributed by atoms with Crippen molar-refractivity contribution in [2.24, 2.45) is 5.92 Å². The van der Waals surface area contributed by atoms with E-state index in [1.165, 1.54) is 29.9 Å². The maximum absolute atomic E-state index is 12.9. The molecular weight excluding hydrogens is 450 g/mol. The van der Waals surface area contributed by atoms with E-state index in [4.69, 9.17) is 4.74 Å². The van der Waals surface area contributed by atoms with E-state index in [1.807, 2.05) is 13.8 Å². The molecule has 7 nitrogen and oxygen atoms in total. The van der Waals surface area contributed by atoms with Crippen LogP contribution in [0.3, 0.4) is 0 Å². The van der Waals surface area contributed by atoms with Crippen molar-refractivity contribution in [1.29, 1.82) is 0 Å². The van der Waals surface area contributed by atoms with Crippen LogP contribution in [0.15, 0.2) is 48.5 Å². The predicted octanol–water partition coefficient (Wildman–Crippen LogP) is 4.35. The largest absolute Gasteiger partial charge is 0.481 e. The number of carbonyl (C=O) groups is 1. The monoisotopic (exact) mass is 487 g/mol. The van der Waals surface area contributed by atoms with Crippen LogP contribution in [0.1, 0.15) is 51.6 Å². The first-order valence-electron chi connectivity index (χ1n) is 11.9. The van der Waals surface area contributed by atoms with Gasteiger partial charge >= 0.3 is 0 Å².